The van der Waals surface area contributed by atoms with Gasteiger partial charge in [0.25, 0.3) is 0 Å². The van der Waals surface area contributed by atoms with Crippen molar-refractivity contribution in [3.05, 3.63) is 75.2 Å². The predicted molar refractivity (Wildman–Crippen MR) is 89.0 cm³/mol. The molecule has 12 heteroatoms. The second kappa shape index (κ2) is 7.92. The minimum absolute atomic E-state index is 0.184. The molecule has 1 N–H and O–H groups in total. The number of nitrogens with one attached hydrogen (secondary N) is 1. The quantitative estimate of drug-likeness (QED) is 0.206. The topological polar surface area (TPSA) is 72.4 Å². The summed E-state index contributed by atoms with van der Waals surface area (Å²) in [6.45, 7) is 0.229. The van der Waals surface area contributed by atoms with Gasteiger partial charge in [-0.3, -0.25) is 9.48 Å². The average molecular weight is 463 g/mol. The highest BCUT2D eigenvalue weighted by Crippen LogP contribution is 2.21. The first-order valence-electron chi connectivity index (χ1n) is 7.39. The van der Waals surface area contributed by atoms with Crippen LogP contribution in [-0.4, -0.2) is 21.9 Å². The zero-order valence-electron chi connectivity index (χ0n) is 13.5. The first kappa shape index (κ1) is 19.7. The van der Waals surface area contributed by atoms with Crippen molar-refractivity contribution in [2.75, 3.05) is 0 Å². The van der Waals surface area contributed by atoms with Gasteiger partial charge in [-0.05, 0) is 28.1 Å². The van der Waals surface area contributed by atoms with Gasteiger partial charge in [0, 0.05) is 6.20 Å². The standard InChI is InChI=1S/C16H8BrF5N4O2/c17-7-3-24-26(5-7)6-8-1-2-10(28-8)16(27)25-23-4-9-11(18)13(20)15(22)14(21)12(9)19/h1-5H,6H2,(H,25,27). The molecule has 146 valence electrons. The number of benzene rings is 1. The maximum Gasteiger partial charge on any atom is 0.307 e. The van der Waals surface area contributed by atoms with Crippen molar-refractivity contribution in [1.82, 2.24) is 15.2 Å². The van der Waals surface area contributed by atoms with Gasteiger partial charge < -0.3 is 4.42 Å². The lowest BCUT2D eigenvalue weighted by Gasteiger charge is -2.03. The van der Waals surface area contributed by atoms with Crippen LogP contribution in [0.1, 0.15) is 21.9 Å². The van der Waals surface area contributed by atoms with Crippen LogP contribution in [0.4, 0.5) is 22.0 Å². The molecule has 0 saturated carbocycles. The number of rotatable bonds is 5. The zero-order valence-corrected chi connectivity index (χ0v) is 15.1. The summed E-state index contributed by atoms with van der Waals surface area (Å²) in [5.41, 5.74) is 0.581. The molecule has 6 nitrogen and oxygen atoms in total. The van der Waals surface area contributed by atoms with E-state index in [1.165, 1.54) is 16.8 Å². The lowest BCUT2D eigenvalue weighted by atomic mass is 10.2. The fourth-order valence-corrected chi connectivity index (χ4v) is 2.44. The van der Waals surface area contributed by atoms with Crippen LogP contribution in [0.2, 0.25) is 0 Å². The summed E-state index contributed by atoms with van der Waals surface area (Å²) in [7, 11) is 0. The fraction of sp³-hybridized carbons (Fsp3) is 0.0625. The minimum Gasteiger partial charge on any atom is -0.454 e. The Hall–Kier alpha value is -3.02. The van der Waals surface area contributed by atoms with Crippen LogP contribution in [0.5, 0.6) is 0 Å². The lowest BCUT2D eigenvalue weighted by molar-refractivity contribution is 0.0925. The number of hydrogen-bond acceptors (Lipinski definition) is 4. The summed E-state index contributed by atoms with van der Waals surface area (Å²) in [4.78, 5) is 11.9. The monoisotopic (exact) mass is 462 g/mol. The molecule has 2 heterocycles. The summed E-state index contributed by atoms with van der Waals surface area (Å²) >= 11 is 3.23. The van der Waals surface area contributed by atoms with E-state index in [9.17, 15) is 26.7 Å². The second-order valence-electron chi connectivity index (χ2n) is 5.30. The van der Waals surface area contributed by atoms with Crippen molar-refractivity contribution in [2.45, 2.75) is 6.54 Å². The van der Waals surface area contributed by atoms with Gasteiger partial charge in [-0.15, -0.1) is 0 Å². The van der Waals surface area contributed by atoms with Gasteiger partial charge in [0.2, 0.25) is 5.82 Å². The number of furan rings is 1. The van der Waals surface area contributed by atoms with Crippen molar-refractivity contribution >= 4 is 28.1 Å². The Morgan fingerprint density at radius 1 is 1.14 bits per heavy atom. The highest BCUT2D eigenvalue weighted by Gasteiger charge is 2.24. The largest absolute Gasteiger partial charge is 0.454 e. The number of carbonyl (C=O) groups is 1. The van der Waals surface area contributed by atoms with E-state index in [-0.39, 0.29) is 12.3 Å². The number of carbonyl (C=O) groups excluding carboxylic acids is 1. The number of hydrogen-bond donors (Lipinski definition) is 1. The van der Waals surface area contributed by atoms with E-state index in [0.29, 0.717) is 12.0 Å². The normalized spacial score (nSPS) is 11.4. The molecule has 0 unspecified atom stereocenters. The maximum atomic E-state index is 13.5. The molecule has 3 rings (SSSR count). The number of amides is 1. The van der Waals surface area contributed by atoms with Crippen molar-refractivity contribution in [3.8, 4) is 0 Å². The van der Waals surface area contributed by atoms with E-state index in [1.54, 1.807) is 12.4 Å². The SMILES string of the molecule is O=C(NN=Cc1c(F)c(F)c(F)c(F)c1F)c1ccc(Cn2cc(Br)cn2)o1. The van der Waals surface area contributed by atoms with Gasteiger partial charge in [0.15, 0.2) is 29.0 Å². The van der Waals surface area contributed by atoms with Crippen LogP contribution in [0, 0.1) is 29.1 Å². The van der Waals surface area contributed by atoms with Gasteiger partial charge in [-0.25, -0.2) is 27.4 Å². The summed E-state index contributed by atoms with van der Waals surface area (Å²) in [6, 6.07) is 2.81. The maximum absolute atomic E-state index is 13.5. The van der Waals surface area contributed by atoms with Gasteiger partial charge in [-0.1, -0.05) is 0 Å². The van der Waals surface area contributed by atoms with Gasteiger partial charge in [-0.2, -0.15) is 10.2 Å². The Kier molecular flexibility index (Phi) is 5.58. The molecule has 0 bridgehead atoms. The third-order valence-electron chi connectivity index (χ3n) is 3.41. The predicted octanol–water partition coefficient (Wildman–Crippen LogP) is 3.75. The molecule has 0 radical (unpaired) electrons. The highest BCUT2D eigenvalue weighted by atomic mass is 79.9. The number of aromatic nitrogens is 2. The average Bonchev–Trinajstić information content (AvgIpc) is 3.30. The van der Waals surface area contributed by atoms with Crippen LogP contribution in [0.3, 0.4) is 0 Å². The molecule has 1 aromatic carbocycles. The highest BCUT2D eigenvalue weighted by molar-refractivity contribution is 9.10. The summed E-state index contributed by atoms with van der Waals surface area (Å²) in [6.07, 6.45) is 3.54. The zero-order chi connectivity index (χ0) is 20.4. The van der Waals surface area contributed by atoms with Crippen LogP contribution in [0.25, 0.3) is 0 Å². The Labute approximate surface area is 161 Å². The van der Waals surface area contributed by atoms with Gasteiger partial charge >= 0.3 is 5.91 Å². The molecule has 0 fully saturated rings. The van der Waals surface area contributed by atoms with Gasteiger partial charge in [0.1, 0.15) is 5.76 Å². The van der Waals surface area contributed by atoms with Crippen molar-refractivity contribution in [1.29, 1.82) is 0 Å². The molecule has 28 heavy (non-hydrogen) atoms. The summed E-state index contributed by atoms with van der Waals surface area (Å²) < 4.78 is 73.7. The number of hydrazone groups is 1. The fourth-order valence-electron chi connectivity index (χ4n) is 2.12. The molecule has 2 aromatic heterocycles. The van der Waals surface area contributed by atoms with Crippen LogP contribution < -0.4 is 5.43 Å². The smallest absolute Gasteiger partial charge is 0.307 e. The third kappa shape index (κ3) is 3.96. The first-order valence-corrected chi connectivity index (χ1v) is 8.18. The molecule has 0 spiro atoms. The van der Waals surface area contributed by atoms with Crippen LogP contribution in [-0.2, 0) is 6.54 Å². The third-order valence-corrected chi connectivity index (χ3v) is 3.82. The summed E-state index contributed by atoms with van der Waals surface area (Å²) in [5, 5.41) is 7.22. The molecule has 0 aliphatic carbocycles. The van der Waals surface area contributed by atoms with Gasteiger partial charge in [0.05, 0.1) is 29.0 Å². The minimum atomic E-state index is -2.29. The molecule has 1 amide bonds. The number of nitrogens with zero attached hydrogens (tertiary/aromatic N) is 3. The molecule has 0 saturated heterocycles. The van der Waals surface area contributed by atoms with E-state index < -0.39 is 40.6 Å². The van der Waals surface area contributed by atoms with Crippen molar-refractivity contribution in [2.24, 2.45) is 5.10 Å². The van der Waals surface area contributed by atoms with Crippen LogP contribution in [0.15, 0.2) is 38.5 Å². The van der Waals surface area contributed by atoms with E-state index in [2.05, 4.69) is 26.1 Å². The van der Waals surface area contributed by atoms with E-state index in [1.807, 2.05) is 5.43 Å². The first-order chi connectivity index (χ1) is 13.3. The number of halogens is 6. The van der Waals surface area contributed by atoms with E-state index in [0.717, 1.165) is 4.47 Å². The Balaban J connectivity index is 1.69. The second-order valence-corrected chi connectivity index (χ2v) is 6.22. The van der Waals surface area contributed by atoms with Crippen molar-refractivity contribution < 1.29 is 31.2 Å². The Bertz CT molecular complexity index is 1050. The Morgan fingerprint density at radius 3 is 2.39 bits per heavy atom. The molecule has 0 aliphatic rings. The molecule has 3 aromatic rings. The van der Waals surface area contributed by atoms with E-state index in [4.69, 9.17) is 4.42 Å². The molecule has 0 atom stereocenters. The molecule has 0 aliphatic heterocycles. The molecular weight excluding hydrogens is 455 g/mol. The Morgan fingerprint density at radius 2 is 1.79 bits per heavy atom. The van der Waals surface area contributed by atoms with Crippen molar-refractivity contribution in [3.63, 3.8) is 0 Å². The van der Waals surface area contributed by atoms with E-state index >= 15 is 0 Å². The molecular formula is C16H8BrF5N4O2. The summed E-state index contributed by atoms with van der Waals surface area (Å²) in [5.74, 6) is -11.4. The lowest BCUT2D eigenvalue weighted by Crippen LogP contribution is -2.17. The van der Waals surface area contributed by atoms with Crippen LogP contribution >= 0.6 is 15.9 Å².